The van der Waals surface area contributed by atoms with E-state index in [1.165, 1.54) is 0 Å². The van der Waals surface area contributed by atoms with E-state index >= 15 is 0 Å². The first-order valence-corrected chi connectivity index (χ1v) is 4.40. The van der Waals surface area contributed by atoms with Crippen LogP contribution in [-0.2, 0) is 10.2 Å². The van der Waals surface area contributed by atoms with Crippen LogP contribution in [0.4, 0.5) is 0 Å². The summed E-state index contributed by atoms with van der Waals surface area (Å²) in [4.78, 5) is 14.3. The summed E-state index contributed by atoms with van der Waals surface area (Å²) in [5, 5.41) is 8.79. The number of carbonyl (C=O) groups is 1. The predicted molar refractivity (Wildman–Crippen MR) is 47.1 cm³/mol. The van der Waals surface area contributed by atoms with Crippen molar-refractivity contribution in [1.29, 1.82) is 0 Å². The Labute approximate surface area is 78.0 Å². The lowest BCUT2D eigenvalue weighted by atomic mass is 10.2. The van der Waals surface area contributed by atoms with Gasteiger partial charge in [0.2, 0.25) is 0 Å². The number of alkyl halides is 1. The quantitative estimate of drug-likeness (QED) is 0.482. The maximum atomic E-state index is 10.7. The molecule has 4 heteroatoms. The molecule has 0 bridgehead atoms. The summed E-state index contributed by atoms with van der Waals surface area (Å²) in [6.45, 7) is 0. The van der Waals surface area contributed by atoms with Gasteiger partial charge in [-0.3, -0.25) is 4.89 Å². The molecule has 0 spiro atoms. The number of hydrogen-bond acceptors (Lipinski definition) is 3. The zero-order valence-corrected chi connectivity index (χ0v) is 7.74. The van der Waals surface area contributed by atoms with Gasteiger partial charge in [-0.2, -0.15) is 5.26 Å². The fourth-order valence-electron chi connectivity index (χ4n) is 0.783. The summed E-state index contributed by atoms with van der Waals surface area (Å²) in [7, 11) is 0. The van der Waals surface area contributed by atoms with Crippen LogP contribution >= 0.6 is 15.9 Å². The van der Waals surface area contributed by atoms with Crippen molar-refractivity contribution in [1.82, 2.24) is 0 Å². The van der Waals surface area contributed by atoms with Gasteiger partial charge in [-0.05, 0) is 17.7 Å². The minimum atomic E-state index is -0.740. The van der Waals surface area contributed by atoms with E-state index in [1.54, 1.807) is 24.3 Å². The van der Waals surface area contributed by atoms with Crippen LogP contribution < -0.4 is 0 Å². The van der Waals surface area contributed by atoms with Gasteiger partial charge in [0.15, 0.2) is 0 Å². The second-order valence-electron chi connectivity index (χ2n) is 2.21. The van der Waals surface area contributed by atoms with Gasteiger partial charge in [0.25, 0.3) is 0 Å². The van der Waals surface area contributed by atoms with Crippen molar-refractivity contribution in [3.8, 4) is 0 Å². The molecule has 0 saturated carbocycles. The van der Waals surface area contributed by atoms with Crippen LogP contribution in [0.5, 0.6) is 0 Å². The van der Waals surface area contributed by atoms with Gasteiger partial charge in [-0.15, -0.1) is 0 Å². The molecule has 1 rings (SSSR count). The van der Waals surface area contributed by atoms with Crippen LogP contribution in [0.3, 0.4) is 0 Å². The lowest BCUT2D eigenvalue weighted by Gasteiger charge is -1.97. The molecule has 0 saturated heterocycles. The lowest BCUT2D eigenvalue weighted by molar-refractivity contribution is -0.182. The van der Waals surface area contributed by atoms with Gasteiger partial charge in [-0.1, -0.05) is 28.1 Å². The molecule has 1 aromatic rings. The van der Waals surface area contributed by atoms with Gasteiger partial charge in [0.05, 0.1) is 5.56 Å². The zero-order chi connectivity index (χ0) is 8.97. The molecule has 1 aromatic carbocycles. The Morgan fingerprint density at radius 1 is 1.42 bits per heavy atom. The van der Waals surface area contributed by atoms with E-state index in [9.17, 15) is 4.79 Å². The maximum absolute atomic E-state index is 10.7. The zero-order valence-electron chi connectivity index (χ0n) is 6.16. The van der Waals surface area contributed by atoms with Gasteiger partial charge < -0.3 is 0 Å². The maximum Gasteiger partial charge on any atom is 0.372 e. The minimum Gasteiger partial charge on any atom is -0.296 e. The Kier molecular flexibility index (Phi) is 3.25. The predicted octanol–water partition coefficient (Wildman–Crippen LogP) is 2.21. The summed E-state index contributed by atoms with van der Waals surface area (Å²) in [6, 6.07) is 6.74. The van der Waals surface area contributed by atoms with E-state index in [0.29, 0.717) is 5.56 Å². The SMILES string of the molecule is O=C(OO)c1ccc(CBr)cc1. The van der Waals surface area contributed by atoms with E-state index in [-0.39, 0.29) is 0 Å². The molecule has 0 unspecified atom stereocenters. The van der Waals surface area contributed by atoms with Crippen molar-refractivity contribution in [3.63, 3.8) is 0 Å². The first-order chi connectivity index (χ1) is 5.77. The van der Waals surface area contributed by atoms with Crippen molar-refractivity contribution in [2.45, 2.75) is 5.33 Å². The summed E-state index contributed by atoms with van der Waals surface area (Å²) in [5.41, 5.74) is 1.40. The number of carbonyl (C=O) groups excluding carboxylic acids is 1. The third-order valence-corrected chi connectivity index (χ3v) is 2.07. The summed E-state index contributed by atoms with van der Waals surface area (Å²) >= 11 is 3.27. The average Bonchev–Trinajstić information content (AvgIpc) is 2.17. The Morgan fingerprint density at radius 2 is 2.00 bits per heavy atom. The molecule has 0 radical (unpaired) electrons. The van der Waals surface area contributed by atoms with Gasteiger partial charge in [0, 0.05) is 5.33 Å². The van der Waals surface area contributed by atoms with Crippen LogP contribution in [0.15, 0.2) is 24.3 Å². The highest BCUT2D eigenvalue weighted by atomic mass is 79.9. The third-order valence-electron chi connectivity index (χ3n) is 1.43. The Morgan fingerprint density at radius 3 is 2.42 bits per heavy atom. The second kappa shape index (κ2) is 4.23. The minimum absolute atomic E-state index is 0.335. The topological polar surface area (TPSA) is 46.5 Å². The van der Waals surface area contributed by atoms with Crippen molar-refractivity contribution < 1.29 is 14.9 Å². The van der Waals surface area contributed by atoms with E-state index in [4.69, 9.17) is 5.26 Å². The third kappa shape index (κ3) is 2.06. The Balaban J connectivity index is 2.84. The van der Waals surface area contributed by atoms with Crippen LogP contribution in [0.25, 0.3) is 0 Å². The van der Waals surface area contributed by atoms with Crippen molar-refractivity contribution in [2.75, 3.05) is 0 Å². The molecular formula is C8H7BrO3. The van der Waals surface area contributed by atoms with Crippen molar-refractivity contribution in [3.05, 3.63) is 35.4 Å². The monoisotopic (exact) mass is 230 g/mol. The van der Waals surface area contributed by atoms with Crippen LogP contribution in [0, 0.1) is 0 Å². The van der Waals surface area contributed by atoms with Gasteiger partial charge in [-0.25, -0.2) is 4.79 Å². The molecule has 64 valence electrons. The normalized spacial score (nSPS) is 9.50. The molecule has 0 heterocycles. The second-order valence-corrected chi connectivity index (χ2v) is 2.77. The molecule has 0 aliphatic carbocycles. The molecule has 0 amide bonds. The van der Waals surface area contributed by atoms with Gasteiger partial charge >= 0.3 is 5.97 Å². The molecule has 1 N–H and O–H groups in total. The molecule has 0 aromatic heterocycles. The van der Waals surface area contributed by atoms with E-state index in [1.807, 2.05) is 0 Å². The Hall–Kier alpha value is -0.870. The fourth-order valence-corrected chi connectivity index (χ4v) is 1.16. The van der Waals surface area contributed by atoms with E-state index in [0.717, 1.165) is 10.9 Å². The summed E-state index contributed by atoms with van der Waals surface area (Å²) < 4.78 is 0. The number of hydrogen-bond donors (Lipinski definition) is 1. The first-order valence-electron chi connectivity index (χ1n) is 3.28. The molecule has 12 heavy (non-hydrogen) atoms. The summed E-state index contributed by atoms with van der Waals surface area (Å²) in [5.74, 6) is -0.740. The summed E-state index contributed by atoms with van der Waals surface area (Å²) in [6.07, 6.45) is 0. The number of benzene rings is 1. The lowest BCUT2D eigenvalue weighted by Crippen LogP contribution is -2.00. The smallest absolute Gasteiger partial charge is 0.296 e. The highest BCUT2D eigenvalue weighted by Gasteiger charge is 2.04. The van der Waals surface area contributed by atoms with Crippen molar-refractivity contribution >= 4 is 21.9 Å². The fraction of sp³-hybridized carbons (Fsp3) is 0.125. The van der Waals surface area contributed by atoms with Crippen LogP contribution in [0.1, 0.15) is 15.9 Å². The highest BCUT2D eigenvalue weighted by molar-refractivity contribution is 9.08. The molecule has 0 aliphatic heterocycles. The standard InChI is InChI=1S/C8H7BrO3/c9-5-6-1-3-7(4-2-6)8(10)12-11/h1-4,11H,5H2. The van der Waals surface area contributed by atoms with Crippen LogP contribution in [0.2, 0.25) is 0 Å². The number of halogens is 1. The van der Waals surface area contributed by atoms with Crippen molar-refractivity contribution in [2.24, 2.45) is 0 Å². The molecular weight excluding hydrogens is 224 g/mol. The van der Waals surface area contributed by atoms with Crippen LogP contribution in [-0.4, -0.2) is 11.2 Å². The van der Waals surface area contributed by atoms with Gasteiger partial charge in [0.1, 0.15) is 0 Å². The van der Waals surface area contributed by atoms with E-state index in [2.05, 4.69) is 20.8 Å². The first kappa shape index (κ1) is 9.22. The number of rotatable bonds is 2. The Bertz CT molecular complexity index is 268. The van der Waals surface area contributed by atoms with E-state index < -0.39 is 5.97 Å². The highest BCUT2D eigenvalue weighted by Crippen LogP contribution is 2.08. The molecule has 0 aliphatic rings. The average molecular weight is 231 g/mol. The largest absolute Gasteiger partial charge is 0.372 e. The molecule has 3 nitrogen and oxygen atoms in total. The molecule has 0 fully saturated rings. The molecule has 0 atom stereocenters.